The fourth-order valence-electron chi connectivity index (χ4n) is 4.62. The van der Waals surface area contributed by atoms with E-state index in [0.717, 1.165) is 19.6 Å². The van der Waals surface area contributed by atoms with Crippen LogP contribution in [0, 0.1) is 74.0 Å². The lowest BCUT2D eigenvalue weighted by Crippen LogP contribution is -2.29. The van der Waals surface area contributed by atoms with Crippen LogP contribution in [0.25, 0.3) is 0 Å². The third kappa shape index (κ3) is 15.6. The van der Waals surface area contributed by atoms with E-state index in [1.807, 2.05) is 0 Å². The predicted octanol–water partition coefficient (Wildman–Crippen LogP) is 6.23. The van der Waals surface area contributed by atoms with Crippen LogP contribution in [0.3, 0.4) is 0 Å². The molecule has 0 amide bonds. The molecule has 3 nitrogen and oxygen atoms in total. The summed E-state index contributed by atoms with van der Waals surface area (Å²) in [4.78, 5) is 0. The number of rotatable bonds is 12. The molecule has 7 atom stereocenters. The molecule has 0 aliphatic carbocycles. The van der Waals surface area contributed by atoms with Gasteiger partial charge in [0.15, 0.2) is 0 Å². The summed E-state index contributed by atoms with van der Waals surface area (Å²) in [5.41, 5.74) is 16.8. The Labute approximate surface area is 192 Å². The van der Waals surface area contributed by atoms with Crippen molar-refractivity contribution in [2.75, 3.05) is 19.6 Å². The molecular weight excluding hydrogens is 366 g/mol. The van der Waals surface area contributed by atoms with E-state index >= 15 is 0 Å². The van der Waals surface area contributed by atoms with Gasteiger partial charge in [-0.3, -0.25) is 0 Å². The van der Waals surface area contributed by atoms with Gasteiger partial charge in [-0.05, 0) is 72.9 Å². The summed E-state index contributed by atoms with van der Waals surface area (Å²) in [5.74, 6) is 5.56. The summed E-state index contributed by atoms with van der Waals surface area (Å²) in [6.45, 7) is 34.1. The number of hydrogen-bond acceptors (Lipinski definition) is 3. The zero-order valence-corrected chi connectivity index (χ0v) is 22.3. The van der Waals surface area contributed by atoms with Gasteiger partial charge in [0, 0.05) is 0 Å². The Hall–Kier alpha value is -0.120. The highest BCUT2D eigenvalue weighted by Gasteiger charge is 2.19. The zero-order chi connectivity index (χ0) is 24.4. The third-order valence-corrected chi connectivity index (χ3v) is 6.91. The first-order valence-corrected chi connectivity index (χ1v) is 12.5. The lowest BCUT2D eigenvalue weighted by atomic mass is 9.81. The first kappa shape index (κ1) is 34.5. The molecule has 0 fully saturated rings. The highest BCUT2D eigenvalue weighted by Crippen LogP contribution is 2.24. The van der Waals surface area contributed by atoms with E-state index < -0.39 is 0 Å². The Kier molecular flexibility index (Phi) is 23.9. The molecule has 0 aromatic heterocycles. The second-order valence-corrected chi connectivity index (χ2v) is 9.79. The SMILES string of the molecule is CCC(C(C)CN)C(C)CN.[CH2]C(C)C(CC)C(C)CN.[CH2]C(C)C(CC)C([CH2])C. The monoisotopic (exact) mass is 426 g/mol. The second kappa shape index (κ2) is 20.8. The second-order valence-electron chi connectivity index (χ2n) is 9.79. The largest absolute Gasteiger partial charge is 0.330 e. The Morgan fingerprint density at radius 3 is 0.800 bits per heavy atom. The highest BCUT2D eigenvalue weighted by atomic mass is 14.6. The van der Waals surface area contributed by atoms with Crippen LogP contribution >= 0.6 is 0 Å². The van der Waals surface area contributed by atoms with Gasteiger partial charge < -0.3 is 17.2 Å². The van der Waals surface area contributed by atoms with E-state index in [-0.39, 0.29) is 0 Å². The predicted molar refractivity (Wildman–Crippen MR) is 140 cm³/mol. The van der Waals surface area contributed by atoms with E-state index in [9.17, 15) is 0 Å². The molecule has 0 rings (SSSR count). The van der Waals surface area contributed by atoms with Gasteiger partial charge in [0.05, 0.1) is 0 Å². The molecule has 0 spiro atoms. The van der Waals surface area contributed by atoms with Gasteiger partial charge in [-0.25, -0.2) is 0 Å². The summed E-state index contributed by atoms with van der Waals surface area (Å²) in [6, 6.07) is 0. The van der Waals surface area contributed by atoms with Crippen LogP contribution in [0.4, 0.5) is 0 Å². The van der Waals surface area contributed by atoms with Crippen molar-refractivity contribution in [3.05, 3.63) is 20.8 Å². The van der Waals surface area contributed by atoms with Crippen molar-refractivity contribution in [3.8, 4) is 0 Å². The van der Waals surface area contributed by atoms with Crippen LogP contribution in [0.5, 0.6) is 0 Å². The summed E-state index contributed by atoms with van der Waals surface area (Å²) < 4.78 is 0. The molecule has 30 heavy (non-hydrogen) atoms. The zero-order valence-electron chi connectivity index (χ0n) is 22.3. The maximum absolute atomic E-state index is 5.60. The van der Waals surface area contributed by atoms with Crippen LogP contribution in [0.15, 0.2) is 0 Å². The molecule has 0 aliphatic rings. The molecule has 0 aromatic rings. The average Bonchev–Trinajstić information content (AvgIpc) is 2.68. The lowest BCUT2D eigenvalue weighted by molar-refractivity contribution is 0.257. The molecule has 0 aliphatic heterocycles. The van der Waals surface area contributed by atoms with Gasteiger partial charge in [-0.1, -0.05) is 102 Å². The van der Waals surface area contributed by atoms with Gasteiger partial charge in [0.1, 0.15) is 0 Å². The van der Waals surface area contributed by atoms with Gasteiger partial charge in [0.2, 0.25) is 0 Å². The molecule has 0 saturated heterocycles. The van der Waals surface area contributed by atoms with Crippen molar-refractivity contribution in [1.82, 2.24) is 0 Å². The van der Waals surface area contributed by atoms with Gasteiger partial charge >= 0.3 is 0 Å². The van der Waals surface area contributed by atoms with E-state index in [1.54, 1.807) is 0 Å². The van der Waals surface area contributed by atoms with E-state index in [1.165, 1.54) is 19.3 Å². The molecule has 0 heterocycles. The minimum absolute atomic E-state index is 0.531. The molecule has 0 bridgehead atoms. The molecule has 183 valence electrons. The molecule has 7 unspecified atom stereocenters. The highest BCUT2D eigenvalue weighted by molar-refractivity contribution is 4.74. The van der Waals surface area contributed by atoms with E-state index in [2.05, 4.69) is 83.1 Å². The first-order valence-electron chi connectivity index (χ1n) is 12.5. The quantitative estimate of drug-likeness (QED) is 0.346. The molecule has 0 aromatic carbocycles. The van der Waals surface area contributed by atoms with Crippen LogP contribution < -0.4 is 17.2 Å². The van der Waals surface area contributed by atoms with Crippen molar-refractivity contribution in [3.63, 3.8) is 0 Å². The van der Waals surface area contributed by atoms with E-state index in [4.69, 9.17) is 17.2 Å². The van der Waals surface area contributed by atoms with Crippen molar-refractivity contribution >= 4 is 0 Å². The summed E-state index contributed by atoms with van der Waals surface area (Å²) in [5, 5.41) is 0. The topological polar surface area (TPSA) is 78.1 Å². The van der Waals surface area contributed by atoms with Crippen LogP contribution in [-0.2, 0) is 0 Å². The summed E-state index contributed by atoms with van der Waals surface area (Å²) in [6.07, 6.45) is 3.59. The van der Waals surface area contributed by atoms with Crippen LogP contribution in [-0.4, -0.2) is 19.6 Å². The number of nitrogens with two attached hydrogens (primary N) is 3. The maximum Gasteiger partial charge on any atom is -0.00487 e. The van der Waals surface area contributed by atoms with E-state index in [0.29, 0.717) is 53.3 Å². The molecule has 0 saturated carbocycles. The van der Waals surface area contributed by atoms with Crippen LogP contribution in [0.2, 0.25) is 0 Å². The summed E-state index contributed by atoms with van der Waals surface area (Å²) in [7, 11) is 0. The Balaban J connectivity index is -0.000000366. The minimum atomic E-state index is 0.531. The van der Waals surface area contributed by atoms with Crippen molar-refractivity contribution in [1.29, 1.82) is 0 Å². The third-order valence-electron chi connectivity index (χ3n) is 6.91. The van der Waals surface area contributed by atoms with Gasteiger partial charge in [-0.2, -0.15) is 0 Å². The Bertz CT molecular complexity index is 323. The lowest BCUT2D eigenvalue weighted by Gasteiger charge is -2.26. The Morgan fingerprint density at radius 2 is 0.700 bits per heavy atom. The normalized spacial score (nSPS) is 16.5. The van der Waals surface area contributed by atoms with Crippen molar-refractivity contribution in [2.45, 2.75) is 81.6 Å². The Morgan fingerprint density at radius 1 is 0.467 bits per heavy atom. The van der Waals surface area contributed by atoms with Gasteiger partial charge in [0.25, 0.3) is 0 Å². The molecule has 6 N–H and O–H groups in total. The van der Waals surface area contributed by atoms with Gasteiger partial charge in [-0.15, -0.1) is 0 Å². The molecule has 3 heteroatoms. The first-order chi connectivity index (χ1) is 13.9. The fraction of sp³-hybridized carbons (Fsp3) is 0.889. The molecular formula is C27H60N3. The van der Waals surface area contributed by atoms with Crippen LogP contribution in [0.1, 0.15) is 81.6 Å². The minimum Gasteiger partial charge on any atom is -0.330 e. The fourth-order valence-corrected chi connectivity index (χ4v) is 4.62. The smallest absolute Gasteiger partial charge is 0.00487 e. The summed E-state index contributed by atoms with van der Waals surface area (Å²) >= 11 is 0. The van der Waals surface area contributed by atoms with Crippen molar-refractivity contribution in [2.24, 2.45) is 70.5 Å². The standard InChI is InChI=1S/C9H22N2.C9H20N.C9H18/c1-4-9(7(2)5-10)8(3)6-11;1-5-9(7(2)3)8(4)6-10;1-6-9(7(2)3)8(4)5/h7-9H,4-6,10-11H2,1-3H3;7-9H,2,5-6,10H2,1,3-4H3;7-9H,2,4,6H2,1,3,5H3. The molecule has 3 radical (unpaired) electrons. The maximum atomic E-state index is 5.60. The number of hydrogen-bond donors (Lipinski definition) is 3. The average molecular weight is 427 g/mol. The van der Waals surface area contributed by atoms with Crippen molar-refractivity contribution < 1.29 is 0 Å².